The van der Waals surface area contributed by atoms with Crippen molar-refractivity contribution in [1.82, 2.24) is 0 Å². The van der Waals surface area contributed by atoms with Crippen molar-refractivity contribution in [1.29, 1.82) is 0 Å². The molecule has 0 aromatic heterocycles. The highest BCUT2D eigenvalue weighted by Crippen LogP contribution is 2.08. The molecule has 0 fully saturated rings. The lowest BCUT2D eigenvalue weighted by Gasteiger charge is -2.01. The van der Waals surface area contributed by atoms with E-state index in [1.54, 1.807) is 6.26 Å². The maximum Gasteiger partial charge on any atom is 0.229 e. The van der Waals surface area contributed by atoms with Gasteiger partial charge in [0.2, 0.25) is 6.79 Å². The molecule has 0 aliphatic carbocycles. The van der Waals surface area contributed by atoms with Crippen LogP contribution in [-0.2, 0) is 9.47 Å². The minimum atomic E-state index is -0.0440. The quantitative estimate of drug-likeness (QED) is 0.530. The Morgan fingerprint density at radius 2 is 2.62 bits per heavy atom. The largest absolute Gasteiger partial charge is 0.462 e. The van der Waals surface area contributed by atoms with E-state index in [0.29, 0.717) is 6.79 Å². The minimum Gasteiger partial charge on any atom is -0.462 e. The Morgan fingerprint density at radius 1 is 1.88 bits per heavy atom. The molecular weight excluding hydrogens is 106 g/mol. The summed E-state index contributed by atoms with van der Waals surface area (Å²) in [5, 5.41) is 0. The molecule has 3 heteroatoms. The van der Waals surface area contributed by atoms with Crippen LogP contribution in [0, 0.1) is 0 Å². The summed E-state index contributed by atoms with van der Waals surface area (Å²) in [6.07, 6.45) is 1.55. The molecule has 0 spiro atoms. The van der Waals surface area contributed by atoms with Crippen molar-refractivity contribution in [2.24, 2.45) is 5.73 Å². The molecule has 1 unspecified atom stereocenters. The molecule has 0 saturated heterocycles. The maximum absolute atomic E-state index is 5.42. The van der Waals surface area contributed by atoms with Crippen LogP contribution in [0.3, 0.4) is 0 Å². The average molecular weight is 115 g/mol. The number of rotatable bonds is 1. The Bertz CT molecular complexity index is 109. The van der Waals surface area contributed by atoms with Gasteiger partial charge in [-0.15, -0.1) is 0 Å². The van der Waals surface area contributed by atoms with E-state index in [1.807, 2.05) is 6.92 Å². The third-order valence-electron chi connectivity index (χ3n) is 0.942. The molecule has 0 saturated carbocycles. The zero-order chi connectivity index (χ0) is 5.98. The van der Waals surface area contributed by atoms with E-state index in [0.717, 1.165) is 5.76 Å². The first kappa shape index (κ1) is 5.44. The van der Waals surface area contributed by atoms with Crippen LogP contribution < -0.4 is 5.73 Å². The first-order valence-electron chi connectivity index (χ1n) is 2.51. The summed E-state index contributed by atoms with van der Waals surface area (Å²) in [5.41, 5.74) is 5.42. The fraction of sp³-hybridized carbons (Fsp3) is 0.600. The van der Waals surface area contributed by atoms with Gasteiger partial charge >= 0.3 is 0 Å². The van der Waals surface area contributed by atoms with Gasteiger partial charge in [-0.1, -0.05) is 0 Å². The second kappa shape index (κ2) is 2.05. The van der Waals surface area contributed by atoms with Crippen LogP contribution in [0.4, 0.5) is 0 Å². The summed E-state index contributed by atoms with van der Waals surface area (Å²) in [7, 11) is 0. The van der Waals surface area contributed by atoms with E-state index in [4.69, 9.17) is 15.2 Å². The smallest absolute Gasteiger partial charge is 0.229 e. The van der Waals surface area contributed by atoms with Crippen LogP contribution in [0.15, 0.2) is 12.0 Å². The summed E-state index contributed by atoms with van der Waals surface area (Å²) in [5.74, 6) is 0.727. The lowest BCUT2D eigenvalue weighted by Crippen LogP contribution is -2.17. The molecule has 3 nitrogen and oxygen atoms in total. The van der Waals surface area contributed by atoms with Crippen LogP contribution in [0.1, 0.15) is 6.92 Å². The molecule has 1 atom stereocenters. The summed E-state index contributed by atoms with van der Waals surface area (Å²) in [6.45, 7) is 2.16. The second-order valence-electron chi connectivity index (χ2n) is 1.74. The van der Waals surface area contributed by atoms with Crippen molar-refractivity contribution in [3.63, 3.8) is 0 Å². The third kappa shape index (κ3) is 0.924. The van der Waals surface area contributed by atoms with E-state index in [1.165, 1.54) is 0 Å². The van der Waals surface area contributed by atoms with E-state index in [9.17, 15) is 0 Å². The second-order valence-corrected chi connectivity index (χ2v) is 1.74. The van der Waals surface area contributed by atoms with E-state index >= 15 is 0 Å². The summed E-state index contributed by atoms with van der Waals surface area (Å²) >= 11 is 0. The molecule has 2 N–H and O–H groups in total. The van der Waals surface area contributed by atoms with Crippen LogP contribution in [0.2, 0.25) is 0 Å². The van der Waals surface area contributed by atoms with Crippen LogP contribution in [0.25, 0.3) is 0 Å². The van der Waals surface area contributed by atoms with Crippen LogP contribution in [0.5, 0.6) is 0 Å². The maximum atomic E-state index is 5.42. The molecule has 1 heterocycles. The molecule has 0 aromatic carbocycles. The molecule has 8 heavy (non-hydrogen) atoms. The predicted molar refractivity (Wildman–Crippen MR) is 28.8 cm³/mol. The molecule has 1 aliphatic rings. The predicted octanol–water partition coefficient (Wildman–Crippen LogP) is 0.179. The molecule has 0 amide bonds. The Morgan fingerprint density at radius 3 is 2.88 bits per heavy atom. The zero-order valence-electron chi connectivity index (χ0n) is 4.76. The molecule has 0 aromatic rings. The van der Waals surface area contributed by atoms with E-state index < -0.39 is 0 Å². The topological polar surface area (TPSA) is 44.5 Å². The van der Waals surface area contributed by atoms with Crippen molar-refractivity contribution in [3.05, 3.63) is 12.0 Å². The van der Waals surface area contributed by atoms with Crippen LogP contribution in [-0.4, -0.2) is 12.8 Å². The zero-order valence-corrected chi connectivity index (χ0v) is 4.76. The van der Waals surface area contributed by atoms with Crippen LogP contribution >= 0.6 is 0 Å². The lowest BCUT2D eigenvalue weighted by molar-refractivity contribution is 0.0763. The van der Waals surface area contributed by atoms with Crippen molar-refractivity contribution in [2.75, 3.05) is 6.79 Å². The first-order valence-corrected chi connectivity index (χ1v) is 2.51. The molecule has 0 bridgehead atoms. The standard InChI is InChI=1S/C5H9NO2/c1-4(6)5-2-7-3-8-5/h2,4H,3,6H2,1H3. The molecule has 1 rings (SSSR count). The number of nitrogens with two attached hydrogens (primary N) is 1. The summed E-state index contributed by atoms with van der Waals surface area (Å²) < 4.78 is 9.68. The Hall–Kier alpha value is -0.700. The summed E-state index contributed by atoms with van der Waals surface area (Å²) in [6, 6.07) is -0.0440. The van der Waals surface area contributed by atoms with Crippen molar-refractivity contribution >= 4 is 0 Å². The molecule has 0 radical (unpaired) electrons. The SMILES string of the molecule is CC(N)C1=COCO1. The van der Waals surface area contributed by atoms with Gasteiger partial charge in [0, 0.05) is 0 Å². The van der Waals surface area contributed by atoms with Crippen molar-refractivity contribution in [3.8, 4) is 0 Å². The molecule has 1 aliphatic heterocycles. The van der Waals surface area contributed by atoms with E-state index in [2.05, 4.69) is 0 Å². The normalized spacial score (nSPS) is 21.0. The fourth-order valence-corrected chi connectivity index (χ4v) is 0.491. The molecular formula is C5H9NO2. The van der Waals surface area contributed by atoms with Gasteiger partial charge in [-0.25, -0.2) is 0 Å². The number of hydrogen-bond acceptors (Lipinski definition) is 3. The highest BCUT2D eigenvalue weighted by molar-refractivity contribution is 4.97. The van der Waals surface area contributed by atoms with Crippen molar-refractivity contribution < 1.29 is 9.47 Å². The Kier molecular flexibility index (Phi) is 1.39. The third-order valence-corrected chi connectivity index (χ3v) is 0.942. The highest BCUT2D eigenvalue weighted by atomic mass is 16.7. The van der Waals surface area contributed by atoms with E-state index in [-0.39, 0.29) is 6.04 Å². The van der Waals surface area contributed by atoms with Gasteiger partial charge in [0.15, 0.2) is 5.76 Å². The minimum absolute atomic E-state index is 0.0440. The van der Waals surface area contributed by atoms with Gasteiger partial charge in [-0.3, -0.25) is 0 Å². The van der Waals surface area contributed by atoms with Gasteiger partial charge in [0.05, 0.1) is 6.04 Å². The number of hydrogen-bond donors (Lipinski definition) is 1. The monoisotopic (exact) mass is 115 g/mol. The Labute approximate surface area is 48.1 Å². The highest BCUT2D eigenvalue weighted by Gasteiger charge is 2.09. The lowest BCUT2D eigenvalue weighted by atomic mass is 10.3. The Balaban J connectivity index is 2.45. The fourth-order valence-electron chi connectivity index (χ4n) is 0.491. The van der Waals surface area contributed by atoms with Gasteiger partial charge in [0.1, 0.15) is 6.26 Å². The van der Waals surface area contributed by atoms with Gasteiger partial charge < -0.3 is 15.2 Å². The summed E-state index contributed by atoms with van der Waals surface area (Å²) in [4.78, 5) is 0. The number of ether oxygens (including phenoxy) is 2. The van der Waals surface area contributed by atoms with Gasteiger partial charge in [0.25, 0.3) is 0 Å². The first-order chi connectivity index (χ1) is 3.80. The van der Waals surface area contributed by atoms with Crippen molar-refractivity contribution in [2.45, 2.75) is 13.0 Å². The molecule has 46 valence electrons. The van der Waals surface area contributed by atoms with Gasteiger partial charge in [-0.2, -0.15) is 0 Å². The average Bonchev–Trinajstić information content (AvgIpc) is 2.12. The van der Waals surface area contributed by atoms with Gasteiger partial charge in [-0.05, 0) is 6.92 Å².